The first-order valence-electron chi connectivity index (χ1n) is 42.6. The third-order valence-electron chi connectivity index (χ3n) is 29.6. The van der Waals surface area contributed by atoms with Crippen LogP contribution in [0.4, 0.5) is 0 Å². The van der Waals surface area contributed by atoms with Crippen molar-refractivity contribution >= 4 is 0 Å². The quantitative estimate of drug-likeness (QED) is 0.111. The number of nitrogens with zero attached hydrogens (tertiary/aromatic N) is 12. The van der Waals surface area contributed by atoms with Crippen LogP contribution in [0.25, 0.3) is 91.1 Å². The summed E-state index contributed by atoms with van der Waals surface area (Å²) in [6.07, 6.45) is 29.3. The van der Waals surface area contributed by atoms with E-state index < -0.39 is 0 Å². The Morgan fingerprint density at radius 2 is 0.548 bits per heavy atom. The van der Waals surface area contributed by atoms with Crippen molar-refractivity contribution in [2.45, 2.75) is 179 Å². The van der Waals surface area contributed by atoms with Gasteiger partial charge in [-0.15, -0.1) is 164 Å². The molecule has 0 amide bonds. The van der Waals surface area contributed by atoms with Crippen molar-refractivity contribution < 1.29 is 80.4 Å². The standard InChI is InChI=1S/C26H28N3.C25H26N3.2C24H24N3.4Ir/c1-16-7-6-8-17(2)23(16)26-28-27-25(20-9-4-3-5-10-20)29(26)24-21-12-18-11-19(14-21)15-22(24)13-18;1-16-7-5-6-10-22(16)25-27-26-24(19-8-3-2-4-9-19)28(25)23-20-12-17-11-18(14-20)15-21(23)13-17;1-3-7-20(8-4-1)22-25-26-23(21-9-5-2-6-10-21)27(22)24-14-17-11-18(15-24)13-19(12-17)16-24;1-3-7-18(8-4-1)23-25-26-24(19-9-5-2-6-10-19)27(23)22-20-12-16-11-17(14-20)15-21(22)13-16;;;;/h3-9,18-19,21-22,24H,11-15H2,1-2H3;2-8,10,17-18,20-21,23H,11-15H2,1H3;1-9,17-19H,11-16H2;1-9,16-17,20-22H,11-15H2;;;;/q4*-1;;;;. The molecule has 0 N–H and O–H groups in total. The summed E-state index contributed by atoms with van der Waals surface area (Å²) in [6, 6.07) is 84.4. The molecule has 115 heavy (non-hydrogen) atoms. The molecule has 16 fully saturated rings. The van der Waals surface area contributed by atoms with Gasteiger partial charge < -0.3 is 18.3 Å². The van der Waals surface area contributed by atoms with E-state index in [1.54, 1.807) is 0 Å². The van der Waals surface area contributed by atoms with Crippen molar-refractivity contribution in [2.24, 2.45) is 88.8 Å². The van der Waals surface area contributed by atoms with Crippen molar-refractivity contribution in [3.63, 3.8) is 0 Å². The number of hydrogen-bond donors (Lipinski definition) is 0. The molecule has 8 aromatic carbocycles. The third kappa shape index (κ3) is 15.1. The van der Waals surface area contributed by atoms with Crippen LogP contribution in [0.2, 0.25) is 0 Å². The molecule has 16 saturated carbocycles. The number of rotatable bonds is 12. The van der Waals surface area contributed by atoms with Crippen LogP contribution in [0, 0.1) is 134 Å². The first-order chi connectivity index (χ1) is 54.6. The van der Waals surface area contributed by atoms with Gasteiger partial charge in [0.1, 0.15) is 0 Å². The molecular formula is C99H102Ir4N12-4. The Balaban J connectivity index is 0.000000109. The Morgan fingerprint density at radius 3 is 0.930 bits per heavy atom. The molecule has 16 aliphatic rings. The zero-order valence-electron chi connectivity index (χ0n) is 66.0. The summed E-state index contributed by atoms with van der Waals surface area (Å²) < 4.78 is 10.1. The van der Waals surface area contributed by atoms with E-state index in [9.17, 15) is 0 Å². The smallest absolute Gasteiger partial charge is 0.155 e. The predicted molar refractivity (Wildman–Crippen MR) is 438 cm³/mol. The Morgan fingerprint density at radius 1 is 0.261 bits per heavy atom. The van der Waals surface area contributed by atoms with Gasteiger partial charge in [0.25, 0.3) is 0 Å². The van der Waals surface area contributed by atoms with Crippen molar-refractivity contribution in [1.29, 1.82) is 0 Å². The molecule has 4 radical (unpaired) electrons. The van der Waals surface area contributed by atoms with E-state index >= 15 is 0 Å². The van der Waals surface area contributed by atoms with Gasteiger partial charge >= 0.3 is 0 Å². The van der Waals surface area contributed by atoms with Crippen LogP contribution in [0.3, 0.4) is 0 Å². The van der Waals surface area contributed by atoms with Crippen LogP contribution in [0.5, 0.6) is 0 Å². The fourth-order valence-corrected chi connectivity index (χ4v) is 26.5. The molecule has 0 saturated heterocycles. The number of benzene rings is 8. The molecule has 16 aliphatic carbocycles. The van der Waals surface area contributed by atoms with Gasteiger partial charge in [-0.05, 0) is 261 Å². The van der Waals surface area contributed by atoms with E-state index in [2.05, 4.69) is 225 Å². The second-order valence-electron chi connectivity index (χ2n) is 36.7. The average Bonchev–Trinajstić information content (AvgIpc) is 1.76. The van der Waals surface area contributed by atoms with Crippen LogP contribution in [-0.4, -0.2) is 59.1 Å². The van der Waals surface area contributed by atoms with Crippen molar-refractivity contribution in [1.82, 2.24) is 59.1 Å². The monoisotopic (exact) mass is 2230 g/mol. The molecule has 4 heterocycles. The number of aromatic nitrogens is 12. The van der Waals surface area contributed by atoms with Crippen molar-refractivity contribution in [3.05, 3.63) is 241 Å². The van der Waals surface area contributed by atoms with Gasteiger partial charge in [-0.2, -0.15) is 20.4 Å². The summed E-state index contributed by atoms with van der Waals surface area (Å²) in [5.41, 5.74) is 13.1. The summed E-state index contributed by atoms with van der Waals surface area (Å²) in [6.45, 7) is 6.58. The van der Waals surface area contributed by atoms with E-state index in [-0.39, 0.29) is 86.0 Å². The summed E-state index contributed by atoms with van der Waals surface area (Å²) >= 11 is 0. The minimum absolute atomic E-state index is 0. The first kappa shape index (κ1) is 80.3. The normalized spacial score (nSPS) is 29.8. The summed E-state index contributed by atoms with van der Waals surface area (Å²) in [5, 5.41) is 37.8. The molecular weight excluding hydrogens is 2130 g/mol. The van der Waals surface area contributed by atoms with Crippen LogP contribution < -0.4 is 0 Å². The maximum absolute atomic E-state index is 4.81. The minimum Gasteiger partial charge on any atom is -0.344 e. The minimum atomic E-state index is 0. The first-order valence-corrected chi connectivity index (χ1v) is 42.6. The molecule has 12 aromatic rings. The molecule has 0 aliphatic heterocycles. The number of aryl methyl sites for hydroxylation is 3. The maximum atomic E-state index is 4.81. The number of hydrogen-bond acceptors (Lipinski definition) is 8. The molecule has 0 spiro atoms. The summed E-state index contributed by atoms with van der Waals surface area (Å²) in [4.78, 5) is 0. The van der Waals surface area contributed by atoms with E-state index in [4.69, 9.17) is 30.6 Å². The van der Waals surface area contributed by atoms with E-state index in [0.717, 1.165) is 158 Å². The Labute approximate surface area is 733 Å². The van der Waals surface area contributed by atoms with Gasteiger partial charge in [-0.1, -0.05) is 103 Å². The SMILES string of the molecule is Cc1cccc(C)c1-c1nnc(-c2[c-]cccc2)n1C1C2CC3CC(C2)CC1C3.Cc1ccccc1-c1nnc(-c2[c-]cccc2)n1C1C2CC3CC(C2)CC1C3.[Ir].[Ir].[Ir].[Ir].[c-]1ccccc1-c1nnc(-c2ccccc2)n1C12CC3CC(CC(C3)C1)C2.[c-]1ccccc1-c1nnc(-c2ccccc2)n1C1C2CC3CC(C2)CC1C3. The average molecular weight is 2230 g/mol. The van der Waals surface area contributed by atoms with Crippen molar-refractivity contribution in [3.8, 4) is 91.1 Å². The zero-order valence-corrected chi connectivity index (χ0v) is 75.6. The van der Waals surface area contributed by atoms with Gasteiger partial charge in [-0.25, -0.2) is 0 Å². The Bertz CT molecular complexity index is 5040. The van der Waals surface area contributed by atoms with Crippen LogP contribution in [-0.2, 0) is 86.0 Å². The summed E-state index contributed by atoms with van der Waals surface area (Å²) in [7, 11) is 0. The molecule has 598 valence electrons. The fourth-order valence-electron chi connectivity index (χ4n) is 26.5. The molecule has 0 unspecified atom stereocenters. The predicted octanol–water partition coefficient (Wildman–Crippen LogP) is 22.5. The van der Waals surface area contributed by atoms with Crippen LogP contribution in [0.1, 0.15) is 170 Å². The van der Waals surface area contributed by atoms with Crippen LogP contribution >= 0.6 is 0 Å². The molecule has 16 heteroatoms. The molecule has 12 nitrogen and oxygen atoms in total. The Kier molecular flexibility index (Phi) is 23.7. The molecule has 0 atom stereocenters. The Hall–Kier alpha value is -7.08. The van der Waals surface area contributed by atoms with E-state index in [0.29, 0.717) is 18.1 Å². The van der Waals surface area contributed by atoms with Crippen molar-refractivity contribution in [2.75, 3.05) is 0 Å². The van der Waals surface area contributed by atoms with Gasteiger partial charge in [0.15, 0.2) is 23.3 Å². The second kappa shape index (κ2) is 34.0. The van der Waals surface area contributed by atoms with Gasteiger partial charge in [0, 0.05) is 126 Å². The van der Waals surface area contributed by atoms with Gasteiger partial charge in [0.05, 0.1) is 23.3 Å². The topological polar surface area (TPSA) is 123 Å². The van der Waals surface area contributed by atoms with E-state index in [1.165, 1.54) is 174 Å². The zero-order chi connectivity index (χ0) is 73.8. The van der Waals surface area contributed by atoms with E-state index in [1.807, 2.05) is 48.5 Å². The second-order valence-corrected chi connectivity index (χ2v) is 36.7. The third-order valence-corrected chi connectivity index (χ3v) is 29.6. The largest absolute Gasteiger partial charge is 0.344 e. The molecule has 4 aromatic heterocycles. The molecule has 16 bridgehead atoms. The van der Waals surface area contributed by atoms with Gasteiger partial charge in [0.2, 0.25) is 0 Å². The molecule has 28 rings (SSSR count). The van der Waals surface area contributed by atoms with Crippen LogP contribution in [0.15, 0.2) is 200 Å². The fraction of sp³-hybridized carbons (Fsp3) is 0.434. The van der Waals surface area contributed by atoms with Gasteiger partial charge in [-0.3, -0.25) is 0 Å². The summed E-state index contributed by atoms with van der Waals surface area (Å²) in [5.74, 6) is 21.2. The maximum Gasteiger partial charge on any atom is 0.155 e.